The van der Waals surface area contributed by atoms with Crippen molar-refractivity contribution in [1.82, 2.24) is 0 Å². The van der Waals surface area contributed by atoms with E-state index in [0.717, 1.165) is 5.69 Å². The van der Waals surface area contributed by atoms with Gasteiger partial charge >= 0.3 is 5.97 Å². The molecule has 0 saturated heterocycles. The average molecular weight is 354 g/mol. The Balaban J connectivity index is 1.84. The first-order valence-corrected chi connectivity index (χ1v) is 7.00. The van der Waals surface area contributed by atoms with Crippen molar-refractivity contribution in [2.24, 2.45) is 0 Å². The van der Waals surface area contributed by atoms with Crippen molar-refractivity contribution < 1.29 is 19.0 Å². The van der Waals surface area contributed by atoms with Crippen LogP contribution in [0.5, 0.6) is 5.75 Å². The number of carbonyl (C=O) groups is 1. The second kappa shape index (κ2) is 7.08. The molecule has 110 valence electrons. The van der Waals surface area contributed by atoms with Crippen LogP contribution in [0.4, 0.5) is 10.1 Å². The molecule has 0 amide bonds. The van der Waals surface area contributed by atoms with Crippen LogP contribution in [-0.4, -0.2) is 24.2 Å². The first-order valence-electron chi connectivity index (χ1n) is 6.21. The molecule has 6 heteroatoms. The van der Waals surface area contributed by atoms with Gasteiger partial charge in [0.05, 0.1) is 5.56 Å². The summed E-state index contributed by atoms with van der Waals surface area (Å²) in [5, 5.41) is 12.0. The SMILES string of the molecule is O=C(O)c1cccc(OCCNc2ccc(F)cc2Br)c1. The molecule has 0 heterocycles. The number of rotatable bonds is 6. The number of hydrogen-bond acceptors (Lipinski definition) is 3. The minimum Gasteiger partial charge on any atom is -0.492 e. The van der Waals surface area contributed by atoms with E-state index in [4.69, 9.17) is 9.84 Å². The van der Waals surface area contributed by atoms with E-state index in [-0.39, 0.29) is 11.4 Å². The molecule has 2 rings (SSSR count). The van der Waals surface area contributed by atoms with E-state index in [1.54, 1.807) is 18.2 Å². The fourth-order valence-electron chi connectivity index (χ4n) is 1.71. The van der Waals surface area contributed by atoms with Gasteiger partial charge in [-0.05, 0) is 52.3 Å². The summed E-state index contributed by atoms with van der Waals surface area (Å²) < 4.78 is 19.0. The highest BCUT2D eigenvalue weighted by Gasteiger charge is 2.04. The second-order valence-corrected chi connectivity index (χ2v) is 5.09. The fraction of sp³-hybridized carbons (Fsp3) is 0.133. The van der Waals surface area contributed by atoms with Crippen LogP contribution in [0.25, 0.3) is 0 Å². The number of aromatic carboxylic acids is 1. The molecule has 0 unspecified atom stereocenters. The normalized spacial score (nSPS) is 10.2. The number of ether oxygens (including phenoxy) is 1. The zero-order valence-corrected chi connectivity index (χ0v) is 12.6. The van der Waals surface area contributed by atoms with Crippen molar-refractivity contribution in [1.29, 1.82) is 0 Å². The van der Waals surface area contributed by atoms with Crippen molar-refractivity contribution >= 4 is 27.6 Å². The lowest BCUT2D eigenvalue weighted by atomic mass is 10.2. The summed E-state index contributed by atoms with van der Waals surface area (Å²) in [4.78, 5) is 10.8. The lowest BCUT2D eigenvalue weighted by Crippen LogP contribution is -2.12. The van der Waals surface area contributed by atoms with E-state index >= 15 is 0 Å². The van der Waals surface area contributed by atoms with Crippen LogP contribution in [0.1, 0.15) is 10.4 Å². The minimum absolute atomic E-state index is 0.182. The van der Waals surface area contributed by atoms with Crippen molar-refractivity contribution in [2.45, 2.75) is 0 Å². The number of nitrogens with one attached hydrogen (secondary N) is 1. The van der Waals surface area contributed by atoms with E-state index < -0.39 is 5.97 Å². The minimum atomic E-state index is -0.992. The number of halogens is 2. The van der Waals surface area contributed by atoms with Crippen molar-refractivity contribution in [3.05, 3.63) is 58.3 Å². The van der Waals surface area contributed by atoms with Gasteiger partial charge in [-0.25, -0.2) is 9.18 Å². The Kier molecular flexibility index (Phi) is 5.16. The molecule has 0 saturated carbocycles. The van der Waals surface area contributed by atoms with Crippen LogP contribution in [0.2, 0.25) is 0 Å². The van der Waals surface area contributed by atoms with Gasteiger partial charge in [-0.2, -0.15) is 0 Å². The van der Waals surface area contributed by atoms with E-state index in [1.165, 1.54) is 24.3 Å². The Morgan fingerprint density at radius 3 is 2.81 bits per heavy atom. The summed E-state index contributed by atoms with van der Waals surface area (Å²) >= 11 is 3.26. The number of anilines is 1. The third-order valence-corrected chi connectivity index (χ3v) is 3.35. The zero-order chi connectivity index (χ0) is 15.2. The van der Waals surface area contributed by atoms with Crippen molar-refractivity contribution in [3.8, 4) is 5.75 Å². The lowest BCUT2D eigenvalue weighted by molar-refractivity contribution is 0.0696. The van der Waals surface area contributed by atoms with Crippen LogP contribution in [0, 0.1) is 5.82 Å². The van der Waals surface area contributed by atoms with Crippen LogP contribution in [0.15, 0.2) is 46.9 Å². The third kappa shape index (κ3) is 4.46. The van der Waals surface area contributed by atoms with E-state index in [0.29, 0.717) is 23.4 Å². The highest BCUT2D eigenvalue weighted by molar-refractivity contribution is 9.10. The Morgan fingerprint density at radius 1 is 1.29 bits per heavy atom. The predicted molar refractivity (Wildman–Crippen MR) is 81.5 cm³/mol. The Hall–Kier alpha value is -2.08. The number of carboxylic acid groups (broad SMARTS) is 1. The molecule has 0 radical (unpaired) electrons. The number of benzene rings is 2. The molecule has 0 bridgehead atoms. The molecule has 0 spiro atoms. The van der Waals surface area contributed by atoms with Gasteiger partial charge in [0.15, 0.2) is 0 Å². The first-order chi connectivity index (χ1) is 10.1. The highest BCUT2D eigenvalue weighted by Crippen LogP contribution is 2.22. The maximum absolute atomic E-state index is 12.9. The maximum Gasteiger partial charge on any atom is 0.335 e. The van der Waals surface area contributed by atoms with E-state index in [1.807, 2.05) is 0 Å². The largest absolute Gasteiger partial charge is 0.492 e. The van der Waals surface area contributed by atoms with E-state index in [9.17, 15) is 9.18 Å². The number of carboxylic acids is 1. The molecule has 2 aromatic rings. The summed E-state index contributed by atoms with van der Waals surface area (Å²) in [6.07, 6.45) is 0. The van der Waals surface area contributed by atoms with Gasteiger partial charge in [0.2, 0.25) is 0 Å². The molecule has 0 fully saturated rings. The third-order valence-electron chi connectivity index (χ3n) is 2.70. The predicted octanol–water partition coefficient (Wildman–Crippen LogP) is 3.78. The second-order valence-electron chi connectivity index (χ2n) is 4.23. The molecular weight excluding hydrogens is 341 g/mol. The molecule has 0 aliphatic rings. The quantitative estimate of drug-likeness (QED) is 0.776. The van der Waals surface area contributed by atoms with Crippen LogP contribution < -0.4 is 10.1 Å². The fourth-order valence-corrected chi connectivity index (χ4v) is 2.20. The van der Waals surface area contributed by atoms with Gasteiger partial charge in [-0.3, -0.25) is 0 Å². The molecule has 0 aliphatic carbocycles. The number of hydrogen-bond donors (Lipinski definition) is 2. The van der Waals surface area contributed by atoms with Gasteiger partial charge in [-0.15, -0.1) is 0 Å². The van der Waals surface area contributed by atoms with Crippen LogP contribution in [0.3, 0.4) is 0 Å². The molecule has 2 aromatic carbocycles. The molecule has 0 aromatic heterocycles. The first kappa shape index (κ1) is 15.3. The Labute approximate surface area is 129 Å². The van der Waals surface area contributed by atoms with Gasteiger partial charge < -0.3 is 15.2 Å². The summed E-state index contributed by atoms with van der Waals surface area (Å²) in [5.41, 5.74) is 0.945. The smallest absolute Gasteiger partial charge is 0.335 e. The monoisotopic (exact) mass is 353 g/mol. The van der Waals surface area contributed by atoms with E-state index in [2.05, 4.69) is 21.2 Å². The van der Waals surface area contributed by atoms with Gasteiger partial charge in [-0.1, -0.05) is 6.07 Å². The van der Waals surface area contributed by atoms with Crippen molar-refractivity contribution in [3.63, 3.8) is 0 Å². The summed E-state index contributed by atoms with van der Waals surface area (Å²) in [7, 11) is 0. The van der Waals surface area contributed by atoms with Crippen LogP contribution >= 0.6 is 15.9 Å². The zero-order valence-electron chi connectivity index (χ0n) is 11.0. The molecule has 2 N–H and O–H groups in total. The molecule has 0 aliphatic heterocycles. The van der Waals surface area contributed by atoms with Crippen molar-refractivity contribution in [2.75, 3.05) is 18.5 Å². The van der Waals surface area contributed by atoms with Crippen LogP contribution in [-0.2, 0) is 0 Å². The average Bonchev–Trinajstić information content (AvgIpc) is 2.45. The van der Waals surface area contributed by atoms with Gasteiger partial charge in [0.1, 0.15) is 18.2 Å². The summed E-state index contributed by atoms with van der Waals surface area (Å²) in [6.45, 7) is 0.856. The maximum atomic E-state index is 12.9. The molecule has 21 heavy (non-hydrogen) atoms. The standard InChI is InChI=1S/C15H13BrFNO3/c16-13-9-11(17)4-5-14(13)18-6-7-21-12-3-1-2-10(8-12)15(19)20/h1-5,8-9,18H,6-7H2,(H,19,20). The summed E-state index contributed by atoms with van der Waals surface area (Å²) in [6, 6.07) is 10.7. The Bertz CT molecular complexity index is 649. The summed E-state index contributed by atoms with van der Waals surface area (Å²) in [5.74, 6) is -0.808. The molecule has 0 atom stereocenters. The molecule has 4 nitrogen and oxygen atoms in total. The topological polar surface area (TPSA) is 58.6 Å². The Morgan fingerprint density at radius 2 is 2.10 bits per heavy atom. The van der Waals surface area contributed by atoms with Gasteiger partial charge in [0, 0.05) is 16.7 Å². The highest BCUT2D eigenvalue weighted by atomic mass is 79.9. The molecular formula is C15H13BrFNO3. The lowest BCUT2D eigenvalue weighted by Gasteiger charge is -2.10. The van der Waals surface area contributed by atoms with Gasteiger partial charge in [0.25, 0.3) is 0 Å².